The molecule has 0 spiro atoms. The Bertz CT molecular complexity index is 1110. The molecule has 0 radical (unpaired) electrons. The van der Waals surface area contributed by atoms with Crippen molar-refractivity contribution >= 4 is 43.3 Å². The van der Waals surface area contributed by atoms with Gasteiger partial charge in [-0.15, -0.1) is 0 Å². The molecule has 1 aliphatic heterocycles. The van der Waals surface area contributed by atoms with Crippen molar-refractivity contribution < 1.29 is 26.7 Å². The van der Waals surface area contributed by atoms with Gasteiger partial charge in [-0.05, 0) is 55.3 Å². The van der Waals surface area contributed by atoms with Crippen LogP contribution in [0.1, 0.15) is 23.2 Å². The zero-order chi connectivity index (χ0) is 20.5. The molecule has 1 heterocycles. The van der Waals surface area contributed by atoms with Crippen molar-refractivity contribution in [3.8, 4) is 0 Å². The van der Waals surface area contributed by atoms with Gasteiger partial charge in [0.1, 0.15) is 0 Å². The van der Waals surface area contributed by atoms with Gasteiger partial charge in [-0.2, -0.15) is 4.31 Å². The lowest BCUT2D eigenvalue weighted by atomic mass is 10.2. The summed E-state index contributed by atoms with van der Waals surface area (Å²) in [5.41, 5.74) is -0.449. The van der Waals surface area contributed by atoms with Gasteiger partial charge in [-0.1, -0.05) is 11.6 Å². The molecule has 0 unspecified atom stereocenters. The van der Waals surface area contributed by atoms with Crippen LogP contribution in [0.4, 0.5) is 5.69 Å². The molecule has 8 nitrogen and oxygen atoms in total. The van der Waals surface area contributed by atoms with Crippen LogP contribution in [0.25, 0.3) is 0 Å². The third-order valence-corrected chi connectivity index (χ3v) is 7.82. The van der Waals surface area contributed by atoms with Crippen LogP contribution in [0, 0.1) is 0 Å². The second-order valence-electron chi connectivity index (χ2n) is 6.18. The Hall–Kier alpha value is -2.14. The first-order valence-electron chi connectivity index (χ1n) is 8.27. The van der Waals surface area contributed by atoms with Crippen LogP contribution in [0.2, 0.25) is 5.02 Å². The van der Waals surface area contributed by atoms with Crippen molar-refractivity contribution in [2.24, 2.45) is 0 Å². The minimum Gasteiger partial charge on any atom is -0.478 e. The van der Waals surface area contributed by atoms with Crippen LogP contribution >= 0.6 is 11.6 Å². The Morgan fingerprint density at radius 2 is 1.54 bits per heavy atom. The number of benzene rings is 2. The van der Waals surface area contributed by atoms with E-state index in [1.165, 1.54) is 34.6 Å². The van der Waals surface area contributed by atoms with E-state index in [0.717, 1.165) is 25.0 Å². The number of sulfonamides is 2. The van der Waals surface area contributed by atoms with Crippen molar-refractivity contribution in [3.63, 3.8) is 0 Å². The molecule has 1 fully saturated rings. The third-order valence-electron chi connectivity index (χ3n) is 4.29. The number of carbonyl (C=O) groups is 1. The average Bonchev–Trinajstić information content (AvgIpc) is 3.17. The van der Waals surface area contributed by atoms with E-state index in [4.69, 9.17) is 11.6 Å². The van der Waals surface area contributed by atoms with Crippen LogP contribution in [0.3, 0.4) is 0 Å². The second-order valence-corrected chi connectivity index (χ2v) is 10.2. The molecule has 0 bridgehead atoms. The predicted octanol–water partition coefficient (Wildman–Crippen LogP) is 2.62. The summed E-state index contributed by atoms with van der Waals surface area (Å²) in [5, 5.41) is 9.37. The number of halogens is 1. The number of aromatic carboxylic acids is 1. The fraction of sp³-hybridized carbons (Fsp3) is 0.235. The maximum atomic E-state index is 12.6. The number of nitrogens with one attached hydrogen (secondary N) is 1. The maximum Gasteiger partial charge on any atom is 0.337 e. The fourth-order valence-corrected chi connectivity index (χ4v) is 5.62. The number of hydrogen-bond acceptors (Lipinski definition) is 5. The van der Waals surface area contributed by atoms with E-state index >= 15 is 0 Å². The van der Waals surface area contributed by atoms with E-state index in [-0.39, 0.29) is 26.1 Å². The van der Waals surface area contributed by atoms with Gasteiger partial charge in [0.15, 0.2) is 0 Å². The summed E-state index contributed by atoms with van der Waals surface area (Å²) in [6.45, 7) is 0.882. The molecule has 11 heteroatoms. The summed E-state index contributed by atoms with van der Waals surface area (Å²) in [7, 11) is -7.81. The smallest absolute Gasteiger partial charge is 0.337 e. The monoisotopic (exact) mass is 444 g/mol. The van der Waals surface area contributed by atoms with Crippen LogP contribution < -0.4 is 4.72 Å². The molecule has 3 rings (SSSR count). The van der Waals surface area contributed by atoms with Crippen LogP contribution in [0.5, 0.6) is 0 Å². The number of nitrogens with zero attached hydrogens (tertiary/aromatic N) is 1. The number of carboxylic acid groups (broad SMARTS) is 1. The quantitative estimate of drug-likeness (QED) is 0.706. The van der Waals surface area contributed by atoms with Gasteiger partial charge in [-0.25, -0.2) is 21.6 Å². The molecule has 0 aromatic heterocycles. The molecule has 0 atom stereocenters. The lowest BCUT2D eigenvalue weighted by Crippen LogP contribution is -2.27. The van der Waals surface area contributed by atoms with E-state index in [9.17, 15) is 26.7 Å². The van der Waals surface area contributed by atoms with Gasteiger partial charge in [0.2, 0.25) is 10.0 Å². The Balaban J connectivity index is 1.89. The number of carboxylic acids is 1. The number of hydrogen-bond donors (Lipinski definition) is 2. The zero-order valence-corrected chi connectivity index (χ0v) is 16.9. The summed E-state index contributed by atoms with van der Waals surface area (Å²) < 4.78 is 53.8. The molecular formula is C17H17ClN2O6S2. The normalized spacial score (nSPS) is 15.5. The second kappa shape index (κ2) is 7.70. The molecule has 0 saturated carbocycles. The van der Waals surface area contributed by atoms with Gasteiger partial charge < -0.3 is 5.11 Å². The fourth-order valence-electron chi connectivity index (χ4n) is 2.86. The number of anilines is 1. The van der Waals surface area contributed by atoms with E-state index in [1.54, 1.807) is 0 Å². The van der Waals surface area contributed by atoms with Gasteiger partial charge in [0, 0.05) is 18.1 Å². The summed E-state index contributed by atoms with van der Waals surface area (Å²) in [6.07, 6.45) is 1.59. The molecule has 150 valence electrons. The minimum absolute atomic E-state index is 0.00216. The standard InChI is InChI=1S/C17H17ClN2O6S2/c18-12-3-8-15(17(21)22)16(11-12)19-27(23,24)13-4-6-14(7-5-13)28(25,26)20-9-1-2-10-20/h3-8,11,19H,1-2,9-10H2,(H,21,22). The molecule has 28 heavy (non-hydrogen) atoms. The van der Waals surface area contributed by atoms with Crippen LogP contribution in [-0.4, -0.2) is 45.3 Å². The molecule has 0 aliphatic carbocycles. The lowest BCUT2D eigenvalue weighted by molar-refractivity contribution is 0.0698. The zero-order valence-electron chi connectivity index (χ0n) is 14.5. The first-order valence-corrected chi connectivity index (χ1v) is 11.6. The van der Waals surface area contributed by atoms with Crippen LogP contribution in [0.15, 0.2) is 52.3 Å². The molecule has 0 amide bonds. The lowest BCUT2D eigenvalue weighted by Gasteiger charge is -2.16. The third kappa shape index (κ3) is 4.14. The van der Waals surface area contributed by atoms with Gasteiger partial charge in [0.05, 0.1) is 21.0 Å². The molecule has 2 aromatic rings. The SMILES string of the molecule is O=C(O)c1ccc(Cl)cc1NS(=O)(=O)c1ccc(S(=O)(=O)N2CCCC2)cc1. The molecule has 2 aromatic carbocycles. The first-order chi connectivity index (χ1) is 13.1. The van der Waals surface area contributed by atoms with Gasteiger partial charge >= 0.3 is 5.97 Å². The van der Waals surface area contributed by atoms with Gasteiger partial charge in [0.25, 0.3) is 10.0 Å². The summed E-state index contributed by atoms with van der Waals surface area (Å²) in [6, 6.07) is 8.48. The van der Waals surface area contributed by atoms with Crippen LogP contribution in [-0.2, 0) is 20.0 Å². The minimum atomic E-state index is -4.15. The predicted molar refractivity (Wildman–Crippen MR) is 104 cm³/mol. The van der Waals surface area contributed by atoms with Crippen molar-refractivity contribution in [3.05, 3.63) is 53.1 Å². The van der Waals surface area contributed by atoms with Crippen molar-refractivity contribution in [2.45, 2.75) is 22.6 Å². The largest absolute Gasteiger partial charge is 0.478 e. The Morgan fingerprint density at radius 3 is 2.11 bits per heavy atom. The molecule has 2 N–H and O–H groups in total. The Kier molecular flexibility index (Phi) is 5.67. The summed E-state index contributed by atoms with van der Waals surface area (Å²) in [5.74, 6) is -1.32. The Morgan fingerprint density at radius 1 is 0.964 bits per heavy atom. The highest BCUT2D eigenvalue weighted by Gasteiger charge is 2.27. The van der Waals surface area contributed by atoms with Crippen molar-refractivity contribution in [1.29, 1.82) is 0 Å². The molecular weight excluding hydrogens is 428 g/mol. The maximum absolute atomic E-state index is 12.6. The van der Waals surface area contributed by atoms with Crippen molar-refractivity contribution in [1.82, 2.24) is 4.31 Å². The van der Waals surface area contributed by atoms with E-state index < -0.39 is 26.0 Å². The highest BCUT2D eigenvalue weighted by atomic mass is 35.5. The highest BCUT2D eigenvalue weighted by Crippen LogP contribution is 2.26. The van der Waals surface area contributed by atoms with E-state index in [0.29, 0.717) is 13.1 Å². The highest BCUT2D eigenvalue weighted by molar-refractivity contribution is 7.92. The topological polar surface area (TPSA) is 121 Å². The van der Waals surface area contributed by atoms with Gasteiger partial charge in [-0.3, -0.25) is 4.72 Å². The number of rotatable bonds is 6. The Labute approximate surface area is 167 Å². The first kappa shape index (κ1) is 20.6. The average molecular weight is 445 g/mol. The molecule has 1 saturated heterocycles. The molecule has 1 aliphatic rings. The van der Waals surface area contributed by atoms with Crippen molar-refractivity contribution in [2.75, 3.05) is 17.8 Å². The van der Waals surface area contributed by atoms with E-state index in [1.807, 2.05) is 0 Å². The summed E-state index contributed by atoms with van der Waals surface area (Å²) in [4.78, 5) is 11.1. The van der Waals surface area contributed by atoms with E-state index in [2.05, 4.69) is 4.72 Å². The summed E-state index contributed by atoms with van der Waals surface area (Å²) >= 11 is 5.83.